The van der Waals surface area contributed by atoms with E-state index in [1.54, 1.807) is 12.1 Å². The molecule has 0 spiro atoms. The lowest BCUT2D eigenvalue weighted by molar-refractivity contribution is 0.153. The van der Waals surface area contributed by atoms with E-state index in [1.165, 1.54) is 0 Å². The molecule has 0 bridgehead atoms. The maximum Gasteiger partial charge on any atom is 0.519 e. The van der Waals surface area contributed by atoms with Gasteiger partial charge in [0, 0.05) is 16.2 Å². The summed E-state index contributed by atoms with van der Waals surface area (Å²) < 4.78 is 11.3. The Bertz CT molecular complexity index is 1390. The molecule has 0 atom stereocenters. The van der Waals surface area contributed by atoms with Gasteiger partial charge in [-0.3, -0.25) is 0 Å². The summed E-state index contributed by atoms with van der Waals surface area (Å²) in [4.78, 5) is 12.7. The van der Waals surface area contributed by atoms with E-state index in [-0.39, 0.29) is 0 Å². The Balaban J connectivity index is 1.59. The second-order valence-corrected chi connectivity index (χ2v) is 7.10. The van der Waals surface area contributed by atoms with Gasteiger partial charge in [0.05, 0.1) is 5.02 Å². The molecule has 0 aromatic heterocycles. The molecule has 0 radical (unpaired) electrons. The van der Waals surface area contributed by atoms with E-state index in [9.17, 15) is 4.79 Å². The first-order valence-corrected chi connectivity index (χ1v) is 9.56. The van der Waals surface area contributed by atoms with Gasteiger partial charge in [0.15, 0.2) is 5.75 Å². The van der Waals surface area contributed by atoms with Crippen molar-refractivity contribution in [2.24, 2.45) is 0 Å². The normalized spacial score (nSPS) is 11.1. The highest BCUT2D eigenvalue weighted by Crippen LogP contribution is 2.39. The highest BCUT2D eigenvalue weighted by atomic mass is 35.5. The molecule has 29 heavy (non-hydrogen) atoms. The van der Waals surface area contributed by atoms with Gasteiger partial charge in [0.2, 0.25) is 0 Å². The van der Waals surface area contributed by atoms with Gasteiger partial charge in [-0.1, -0.05) is 84.4 Å². The molecule has 0 saturated heterocycles. The number of hydrogen-bond acceptors (Lipinski definition) is 3. The van der Waals surface area contributed by atoms with Crippen LogP contribution in [0.25, 0.3) is 32.3 Å². The zero-order valence-corrected chi connectivity index (χ0v) is 16.0. The summed E-state index contributed by atoms with van der Waals surface area (Å²) in [5, 5.41) is 5.66. The summed E-state index contributed by atoms with van der Waals surface area (Å²) in [6, 6.07) is 28.6. The second-order valence-electron chi connectivity index (χ2n) is 6.70. The van der Waals surface area contributed by atoms with Crippen molar-refractivity contribution in [2.75, 3.05) is 0 Å². The fourth-order valence-corrected chi connectivity index (χ4v) is 3.88. The lowest BCUT2D eigenvalue weighted by Crippen LogP contribution is -2.14. The summed E-state index contributed by atoms with van der Waals surface area (Å²) in [6.45, 7) is 0. The van der Waals surface area contributed by atoms with Crippen LogP contribution < -0.4 is 9.47 Å². The van der Waals surface area contributed by atoms with Gasteiger partial charge < -0.3 is 9.47 Å². The Morgan fingerprint density at radius 1 is 0.655 bits per heavy atom. The number of fused-ring (bicyclic) bond motifs is 3. The summed E-state index contributed by atoms with van der Waals surface area (Å²) in [5.74, 6) is 0.845. The minimum absolute atomic E-state index is 0.397. The van der Waals surface area contributed by atoms with E-state index >= 15 is 0 Å². The van der Waals surface area contributed by atoms with Gasteiger partial charge in [-0.2, -0.15) is 0 Å². The Morgan fingerprint density at radius 2 is 1.31 bits per heavy atom. The van der Waals surface area contributed by atoms with Crippen LogP contribution in [-0.4, -0.2) is 6.16 Å². The van der Waals surface area contributed by atoms with Gasteiger partial charge in [-0.05, 0) is 34.4 Å². The van der Waals surface area contributed by atoms with Crippen molar-refractivity contribution in [3.05, 3.63) is 96.0 Å². The van der Waals surface area contributed by atoms with E-state index in [0.717, 1.165) is 26.9 Å². The number of rotatable bonds is 2. The van der Waals surface area contributed by atoms with Crippen molar-refractivity contribution in [2.45, 2.75) is 0 Å². The third kappa shape index (κ3) is 3.16. The molecule has 140 valence electrons. The Labute approximate surface area is 172 Å². The van der Waals surface area contributed by atoms with Crippen LogP contribution in [0.5, 0.6) is 11.5 Å². The highest BCUT2D eigenvalue weighted by molar-refractivity contribution is 6.37. The first-order chi connectivity index (χ1) is 14.2. The molecule has 0 aliphatic heterocycles. The highest BCUT2D eigenvalue weighted by Gasteiger charge is 2.17. The van der Waals surface area contributed by atoms with Crippen molar-refractivity contribution in [1.82, 2.24) is 0 Å². The van der Waals surface area contributed by atoms with Crippen LogP contribution in [0.1, 0.15) is 0 Å². The maximum atomic E-state index is 12.7. The van der Waals surface area contributed by atoms with Crippen LogP contribution in [0.15, 0.2) is 91.0 Å². The molecule has 0 heterocycles. The van der Waals surface area contributed by atoms with E-state index in [0.29, 0.717) is 21.9 Å². The zero-order valence-electron chi connectivity index (χ0n) is 15.3. The van der Waals surface area contributed by atoms with Crippen LogP contribution in [0.4, 0.5) is 4.79 Å². The van der Waals surface area contributed by atoms with Gasteiger partial charge in [-0.25, -0.2) is 4.79 Å². The molecule has 4 heteroatoms. The third-order valence-electron chi connectivity index (χ3n) is 4.92. The standard InChI is InChI=1S/C25H15ClO3/c26-21-13-5-10-18-15-17-8-2-4-12-20(17)24(23(18)21)29-25(27)28-22-14-6-9-16-7-1-3-11-19(16)22/h1-15H. The van der Waals surface area contributed by atoms with Crippen molar-refractivity contribution in [3.63, 3.8) is 0 Å². The van der Waals surface area contributed by atoms with Crippen molar-refractivity contribution in [1.29, 1.82) is 0 Å². The molecule has 5 rings (SSSR count). The number of hydrogen-bond donors (Lipinski definition) is 0. The molecule has 0 unspecified atom stereocenters. The van der Waals surface area contributed by atoms with Gasteiger partial charge in [-0.15, -0.1) is 0 Å². The summed E-state index contributed by atoms with van der Waals surface area (Å²) in [7, 11) is 0. The molecule has 0 amide bonds. The fourth-order valence-electron chi connectivity index (χ4n) is 3.62. The maximum absolute atomic E-state index is 12.7. The fraction of sp³-hybridized carbons (Fsp3) is 0. The molecule has 3 nitrogen and oxygen atoms in total. The third-order valence-corrected chi connectivity index (χ3v) is 5.23. The average molecular weight is 399 g/mol. The summed E-state index contributed by atoms with van der Waals surface area (Å²) >= 11 is 6.45. The summed E-state index contributed by atoms with van der Waals surface area (Å²) in [5.41, 5.74) is 0. The molecular weight excluding hydrogens is 384 g/mol. The van der Waals surface area contributed by atoms with Crippen LogP contribution >= 0.6 is 11.6 Å². The molecule has 0 fully saturated rings. The first-order valence-electron chi connectivity index (χ1n) is 9.18. The molecular formula is C25H15ClO3. The predicted molar refractivity (Wildman–Crippen MR) is 117 cm³/mol. The van der Waals surface area contributed by atoms with E-state index in [1.807, 2.05) is 78.9 Å². The van der Waals surface area contributed by atoms with E-state index in [4.69, 9.17) is 21.1 Å². The molecule has 5 aromatic rings. The number of ether oxygens (including phenoxy) is 2. The number of carbonyl (C=O) groups excluding carboxylic acids is 1. The van der Waals surface area contributed by atoms with Crippen molar-refractivity contribution in [3.8, 4) is 11.5 Å². The van der Waals surface area contributed by atoms with Crippen molar-refractivity contribution < 1.29 is 14.3 Å². The smallest absolute Gasteiger partial charge is 0.394 e. The minimum atomic E-state index is -0.807. The van der Waals surface area contributed by atoms with Gasteiger partial charge in [0.25, 0.3) is 0 Å². The van der Waals surface area contributed by atoms with Crippen molar-refractivity contribution >= 4 is 50.1 Å². The van der Waals surface area contributed by atoms with Crippen LogP contribution in [0.2, 0.25) is 5.02 Å². The average Bonchev–Trinajstić information content (AvgIpc) is 2.74. The Hall–Kier alpha value is -3.56. The lowest BCUT2D eigenvalue weighted by atomic mass is 10.0. The molecule has 0 N–H and O–H groups in total. The molecule has 0 aliphatic carbocycles. The van der Waals surface area contributed by atoms with Crippen LogP contribution in [0.3, 0.4) is 0 Å². The predicted octanol–water partition coefficient (Wildman–Crippen LogP) is 7.38. The number of carbonyl (C=O) groups is 1. The van der Waals surface area contributed by atoms with Crippen LogP contribution in [-0.2, 0) is 0 Å². The zero-order chi connectivity index (χ0) is 19.8. The summed E-state index contributed by atoms with van der Waals surface area (Å²) in [6.07, 6.45) is -0.807. The van der Waals surface area contributed by atoms with E-state index < -0.39 is 6.16 Å². The minimum Gasteiger partial charge on any atom is -0.394 e. The molecule has 0 saturated carbocycles. The lowest BCUT2D eigenvalue weighted by Gasteiger charge is -2.13. The topological polar surface area (TPSA) is 35.5 Å². The van der Waals surface area contributed by atoms with Gasteiger partial charge >= 0.3 is 6.16 Å². The molecule has 0 aliphatic rings. The second kappa shape index (κ2) is 7.12. The van der Waals surface area contributed by atoms with E-state index in [2.05, 4.69) is 0 Å². The SMILES string of the molecule is O=C(Oc1cccc2ccccc12)Oc1c2ccccc2cc2cccc(Cl)c12. The largest absolute Gasteiger partial charge is 0.519 e. The monoisotopic (exact) mass is 398 g/mol. The Kier molecular flexibility index (Phi) is 4.30. The molecule has 5 aromatic carbocycles. The van der Waals surface area contributed by atoms with Crippen LogP contribution in [0, 0.1) is 0 Å². The number of halogens is 1. The first kappa shape index (κ1) is 17.5. The number of benzene rings is 5. The van der Waals surface area contributed by atoms with Gasteiger partial charge in [0.1, 0.15) is 5.75 Å². The quantitative estimate of drug-likeness (QED) is 0.177. The Morgan fingerprint density at radius 3 is 2.17 bits per heavy atom.